The number of hydrogen-bond donors (Lipinski definition) is 1. The molecule has 1 aromatic carbocycles. The Labute approximate surface area is 112 Å². The quantitative estimate of drug-likeness (QED) is 0.897. The highest BCUT2D eigenvalue weighted by atomic mass is 19.1. The highest BCUT2D eigenvalue weighted by molar-refractivity contribution is 5.21. The third-order valence-electron chi connectivity index (χ3n) is 2.92. The van der Waals surface area contributed by atoms with Crippen molar-refractivity contribution in [2.24, 2.45) is 5.73 Å². The molecule has 4 heteroatoms. The number of benzene rings is 1. The Morgan fingerprint density at radius 1 is 1.11 bits per heavy atom. The fourth-order valence-electron chi connectivity index (χ4n) is 1.95. The fraction of sp³-hybridized carbons (Fsp3) is 0.267. The lowest BCUT2D eigenvalue weighted by Crippen LogP contribution is -2.25. The second-order valence-corrected chi connectivity index (χ2v) is 4.50. The zero-order valence-corrected chi connectivity index (χ0v) is 10.8. The standard InChI is InChI=1S/C15H17FN2O/c1-19-15-7-4-12(10-18-15)9-14(17)8-11-2-5-13(16)6-3-11/h2-7,10,14H,8-9,17H2,1H3. The van der Waals surface area contributed by atoms with E-state index in [-0.39, 0.29) is 11.9 Å². The average molecular weight is 260 g/mol. The Bertz CT molecular complexity index is 511. The van der Waals surface area contributed by atoms with Crippen LogP contribution in [-0.2, 0) is 12.8 Å². The van der Waals surface area contributed by atoms with E-state index in [9.17, 15) is 4.39 Å². The normalized spacial score (nSPS) is 12.2. The minimum atomic E-state index is -0.225. The number of pyridine rings is 1. The van der Waals surface area contributed by atoms with Crippen molar-refractivity contribution in [3.63, 3.8) is 0 Å². The number of hydrogen-bond acceptors (Lipinski definition) is 3. The molecule has 1 heterocycles. The summed E-state index contributed by atoms with van der Waals surface area (Å²) in [7, 11) is 1.59. The van der Waals surface area contributed by atoms with E-state index in [1.54, 1.807) is 25.4 Å². The molecule has 0 aliphatic heterocycles. The van der Waals surface area contributed by atoms with Gasteiger partial charge in [0.2, 0.25) is 5.88 Å². The molecule has 2 rings (SSSR count). The lowest BCUT2D eigenvalue weighted by Gasteiger charge is -2.11. The van der Waals surface area contributed by atoms with Crippen LogP contribution in [0.1, 0.15) is 11.1 Å². The first-order valence-electron chi connectivity index (χ1n) is 6.16. The lowest BCUT2D eigenvalue weighted by atomic mass is 10.0. The molecule has 0 bridgehead atoms. The summed E-state index contributed by atoms with van der Waals surface area (Å²) in [5, 5.41) is 0. The Kier molecular flexibility index (Phi) is 4.47. The predicted octanol–water partition coefficient (Wildman–Crippen LogP) is 2.34. The van der Waals surface area contributed by atoms with Gasteiger partial charge in [0.05, 0.1) is 7.11 Å². The van der Waals surface area contributed by atoms with Crippen LogP contribution in [-0.4, -0.2) is 18.1 Å². The molecule has 1 atom stereocenters. The summed E-state index contributed by atoms with van der Waals surface area (Å²) >= 11 is 0. The van der Waals surface area contributed by atoms with Crippen molar-refractivity contribution in [2.75, 3.05) is 7.11 Å². The van der Waals surface area contributed by atoms with Gasteiger partial charge in [-0.1, -0.05) is 18.2 Å². The third-order valence-corrected chi connectivity index (χ3v) is 2.92. The average Bonchev–Trinajstić information content (AvgIpc) is 2.42. The summed E-state index contributed by atoms with van der Waals surface area (Å²) < 4.78 is 17.8. The molecule has 2 N–H and O–H groups in total. The van der Waals surface area contributed by atoms with Crippen molar-refractivity contribution < 1.29 is 9.13 Å². The molecule has 0 fully saturated rings. The van der Waals surface area contributed by atoms with Gasteiger partial charge in [0.25, 0.3) is 0 Å². The maximum Gasteiger partial charge on any atom is 0.212 e. The largest absolute Gasteiger partial charge is 0.481 e. The van der Waals surface area contributed by atoms with E-state index in [2.05, 4.69) is 4.98 Å². The fourth-order valence-corrected chi connectivity index (χ4v) is 1.95. The van der Waals surface area contributed by atoms with Crippen molar-refractivity contribution >= 4 is 0 Å². The number of rotatable bonds is 5. The van der Waals surface area contributed by atoms with Crippen LogP contribution in [0.15, 0.2) is 42.6 Å². The Morgan fingerprint density at radius 2 is 1.74 bits per heavy atom. The SMILES string of the molecule is COc1ccc(CC(N)Cc2ccc(F)cc2)cn1. The smallest absolute Gasteiger partial charge is 0.212 e. The van der Waals surface area contributed by atoms with E-state index in [0.717, 1.165) is 17.5 Å². The number of halogens is 1. The zero-order valence-electron chi connectivity index (χ0n) is 10.8. The topological polar surface area (TPSA) is 48.1 Å². The van der Waals surface area contributed by atoms with Gasteiger partial charge >= 0.3 is 0 Å². The van der Waals surface area contributed by atoms with Gasteiger partial charge in [0.15, 0.2) is 0 Å². The van der Waals surface area contributed by atoms with Crippen molar-refractivity contribution in [2.45, 2.75) is 18.9 Å². The van der Waals surface area contributed by atoms with E-state index >= 15 is 0 Å². The van der Waals surface area contributed by atoms with E-state index in [4.69, 9.17) is 10.5 Å². The van der Waals surface area contributed by atoms with Gasteiger partial charge in [0.1, 0.15) is 5.82 Å². The van der Waals surface area contributed by atoms with Crippen LogP contribution in [0.25, 0.3) is 0 Å². The molecule has 1 aromatic heterocycles. The van der Waals surface area contributed by atoms with Crippen LogP contribution in [0.3, 0.4) is 0 Å². The van der Waals surface area contributed by atoms with Crippen LogP contribution in [0.2, 0.25) is 0 Å². The van der Waals surface area contributed by atoms with Gasteiger partial charge in [-0.05, 0) is 36.1 Å². The second kappa shape index (κ2) is 6.29. The third kappa shape index (κ3) is 4.03. The summed E-state index contributed by atoms with van der Waals surface area (Å²) in [6, 6.07) is 10.2. The first-order valence-corrected chi connectivity index (χ1v) is 6.16. The molecule has 0 saturated heterocycles. The second-order valence-electron chi connectivity index (χ2n) is 4.50. The highest BCUT2D eigenvalue weighted by Crippen LogP contribution is 2.11. The van der Waals surface area contributed by atoms with Crippen molar-refractivity contribution in [3.05, 3.63) is 59.5 Å². The lowest BCUT2D eigenvalue weighted by molar-refractivity contribution is 0.397. The predicted molar refractivity (Wildman–Crippen MR) is 72.6 cm³/mol. The number of ether oxygens (including phenoxy) is 1. The first kappa shape index (κ1) is 13.5. The van der Waals surface area contributed by atoms with Crippen molar-refractivity contribution in [3.8, 4) is 5.88 Å². The molecule has 3 nitrogen and oxygen atoms in total. The molecule has 0 amide bonds. The number of aromatic nitrogens is 1. The summed E-state index contributed by atoms with van der Waals surface area (Å²) in [5.41, 5.74) is 8.20. The van der Waals surface area contributed by atoms with Gasteiger partial charge in [-0.15, -0.1) is 0 Å². The van der Waals surface area contributed by atoms with Crippen LogP contribution in [0, 0.1) is 5.82 Å². The zero-order chi connectivity index (χ0) is 13.7. The number of nitrogens with zero attached hydrogens (tertiary/aromatic N) is 1. The summed E-state index contributed by atoms with van der Waals surface area (Å²) in [6.45, 7) is 0. The van der Waals surface area contributed by atoms with E-state index in [0.29, 0.717) is 12.3 Å². The number of nitrogens with two attached hydrogens (primary N) is 1. The highest BCUT2D eigenvalue weighted by Gasteiger charge is 2.06. The summed E-state index contributed by atoms with van der Waals surface area (Å²) in [4.78, 5) is 4.14. The Balaban J connectivity index is 1.92. The molecule has 0 aliphatic carbocycles. The summed E-state index contributed by atoms with van der Waals surface area (Å²) in [6.07, 6.45) is 3.21. The molecular weight excluding hydrogens is 243 g/mol. The van der Waals surface area contributed by atoms with Gasteiger partial charge in [0, 0.05) is 18.3 Å². The van der Waals surface area contributed by atoms with E-state index in [1.165, 1.54) is 12.1 Å². The molecule has 100 valence electrons. The minimum Gasteiger partial charge on any atom is -0.481 e. The van der Waals surface area contributed by atoms with Gasteiger partial charge in [-0.3, -0.25) is 0 Å². The van der Waals surface area contributed by atoms with Gasteiger partial charge in [-0.2, -0.15) is 0 Å². The van der Waals surface area contributed by atoms with Crippen LogP contribution >= 0.6 is 0 Å². The molecule has 1 unspecified atom stereocenters. The van der Waals surface area contributed by atoms with Crippen LogP contribution in [0.4, 0.5) is 4.39 Å². The molecule has 19 heavy (non-hydrogen) atoms. The van der Waals surface area contributed by atoms with Gasteiger partial charge < -0.3 is 10.5 Å². The van der Waals surface area contributed by atoms with Crippen molar-refractivity contribution in [1.82, 2.24) is 4.98 Å². The summed E-state index contributed by atoms with van der Waals surface area (Å²) in [5.74, 6) is 0.368. The molecule has 0 radical (unpaired) electrons. The Morgan fingerprint density at radius 3 is 2.32 bits per heavy atom. The molecule has 0 saturated carbocycles. The van der Waals surface area contributed by atoms with Crippen LogP contribution in [0.5, 0.6) is 5.88 Å². The maximum absolute atomic E-state index is 12.8. The molecule has 2 aromatic rings. The number of methoxy groups -OCH3 is 1. The monoisotopic (exact) mass is 260 g/mol. The van der Waals surface area contributed by atoms with Gasteiger partial charge in [-0.25, -0.2) is 9.37 Å². The first-order chi connectivity index (χ1) is 9.17. The van der Waals surface area contributed by atoms with Crippen LogP contribution < -0.4 is 10.5 Å². The Hall–Kier alpha value is -1.94. The molecule has 0 aliphatic rings. The van der Waals surface area contributed by atoms with Crippen molar-refractivity contribution in [1.29, 1.82) is 0 Å². The molecule has 0 spiro atoms. The van der Waals surface area contributed by atoms with E-state index in [1.807, 2.05) is 12.1 Å². The molecular formula is C15H17FN2O. The van der Waals surface area contributed by atoms with E-state index < -0.39 is 0 Å². The maximum atomic E-state index is 12.8. The minimum absolute atomic E-state index is 0.0133.